The average Bonchev–Trinajstić information content (AvgIpc) is 2.67. The highest BCUT2D eigenvalue weighted by atomic mass is 35.5. The minimum absolute atomic E-state index is 0.189. The third kappa shape index (κ3) is 5.31. The predicted octanol–water partition coefficient (Wildman–Crippen LogP) is 5.13. The smallest absolute Gasteiger partial charge is 0.341 e. The number of ether oxygens (including phenoxy) is 4. The van der Waals surface area contributed by atoms with Crippen molar-refractivity contribution in [2.45, 2.75) is 13.5 Å². The van der Waals surface area contributed by atoms with Gasteiger partial charge in [0.05, 0.1) is 37.1 Å². The summed E-state index contributed by atoms with van der Waals surface area (Å²) in [6.07, 6.45) is 1.34. The van der Waals surface area contributed by atoms with Crippen molar-refractivity contribution in [3.05, 3.63) is 63.8 Å². The zero-order chi connectivity index (χ0) is 19.8. The van der Waals surface area contributed by atoms with E-state index in [0.717, 1.165) is 5.56 Å². The first-order valence-corrected chi connectivity index (χ1v) is 8.91. The van der Waals surface area contributed by atoms with Gasteiger partial charge in [-0.1, -0.05) is 47.5 Å². The van der Waals surface area contributed by atoms with E-state index in [1.54, 1.807) is 18.2 Å². The minimum Gasteiger partial charge on any atom is -0.503 e. The van der Waals surface area contributed by atoms with Gasteiger partial charge < -0.3 is 18.9 Å². The molecule has 2 aromatic rings. The molecule has 144 valence electrons. The van der Waals surface area contributed by atoms with Gasteiger partial charge in [0.1, 0.15) is 17.9 Å². The Bertz CT molecular complexity index is 810. The lowest BCUT2D eigenvalue weighted by Gasteiger charge is -2.14. The van der Waals surface area contributed by atoms with Crippen molar-refractivity contribution in [3.63, 3.8) is 0 Å². The molecular weight excluding hydrogens is 391 g/mol. The molecule has 0 atom stereocenters. The van der Waals surface area contributed by atoms with Crippen LogP contribution in [0.2, 0.25) is 10.0 Å². The highest BCUT2D eigenvalue weighted by Crippen LogP contribution is 2.37. The number of benzene rings is 2. The molecule has 0 fully saturated rings. The van der Waals surface area contributed by atoms with E-state index in [9.17, 15) is 4.79 Å². The topological polar surface area (TPSA) is 54.0 Å². The van der Waals surface area contributed by atoms with Crippen molar-refractivity contribution in [1.82, 2.24) is 0 Å². The normalized spacial score (nSPS) is 11.1. The van der Waals surface area contributed by atoms with Gasteiger partial charge in [-0.3, -0.25) is 0 Å². The lowest BCUT2D eigenvalue weighted by Crippen LogP contribution is -2.08. The zero-order valence-electron chi connectivity index (χ0n) is 15.3. The first kappa shape index (κ1) is 20.9. The number of hydrogen-bond acceptors (Lipinski definition) is 5. The van der Waals surface area contributed by atoms with E-state index in [2.05, 4.69) is 0 Å². The fraction of sp³-hybridized carbons (Fsp3) is 0.250. The number of rotatable bonds is 8. The van der Waals surface area contributed by atoms with Crippen molar-refractivity contribution in [3.8, 4) is 11.5 Å². The van der Waals surface area contributed by atoms with Crippen LogP contribution in [0.4, 0.5) is 0 Å². The fourth-order valence-electron chi connectivity index (χ4n) is 2.42. The van der Waals surface area contributed by atoms with Gasteiger partial charge in [-0.05, 0) is 18.1 Å². The monoisotopic (exact) mass is 410 g/mol. The summed E-state index contributed by atoms with van der Waals surface area (Å²) in [4.78, 5) is 12.1. The van der Waals surface area contributed by atoms with Crippen LogP contribution in [0.15, 0.2) is 42.7 Å². The molecule has 0 aliphatic rings. The van der Waals surface area contributed by atoms with E-state index in [0.29, 0.717) is 39.3 Å². The molecule has 0 heterocycles. The molecule has 0 bridgehead atoms. The summed E-state index contributed by atoms with van der Waals surface area (Å²) in [5.41, 5.74) is 1.71. The Balaban J connectivity index is 2.27. The molecule has 0 spiro atoms. The third-order valence-electron chi connectivity index (χ3n) is 3.60. The van der Waals surface area contributed by atoms with E-state index < -0.39 is 5.97 Å². The number of esters is 1. The van der Waals surface area contributed by atoms with Gasteiger partial charge in [-0.2, -0.15) is 0 Å². The molecule has 2 rings (SSSR count). The summed E-state index contributed by atoms with van der Waals surface area (Å²) < 4.78 is 21.1. The average molecular weight is 411 g/mol. The molecule has 0 N–H and O–H groups in total. The Labute approximate surface area is 168 Å². The first-order chi connectivity index (χ1) is 13.0. The molecule has 27 heavy (non-hydrogen) atoms. The van der Waals surface area contributed by atoms with E-state index in [4.69, 9.17) is 42.1 Å². The standard InChI is InChI=1S/C20H20Cl2O5/c1-4-26-19-17(21)9-14(10-18(19)22)27-11-13-7-5-6-8-15(13)16(12-24-2)20(23)25-3/h5-10,12H,4,11H2,1-3H3/b16-12+. The Kier molecular flexibility index (Phi) is 7.82. The van der Waals surface area contributed by atoms with Gasteiger partial charge in [0, 0.05) is 12.1 Å². The van der Waals surface area contributed by atoms with Crippen molar-refractivity contribution in [2.24, 2.45) is 0 Å². The molecule has 0 aromatic heterocycles. The van der Waals surface area contributed by atoms with Crippen LogP contribution in [0.25, 0.3) is 5.57 Å². The number of carbonyl (C=O) groups is 1. The van der Waals surface area contributed by atoms with Crippen LogP contribution < -0.4 is 9.47 Å². The molecule has 0 aliphatic carbocycles. The summed E-state index contributed by atoms with van der Waals surface area (Å²) in [5, 5.41) is 0.726. The van der Waals surface area contributed by atoms with Gasteiger partial charge in [-0.15, -0.1) is 0 Å². The van der Waals surface area contributed by atoms with Gasteiger partial charge in [-0.25, -0.2) is 4.79 Å². The Morgan fingerprint density at radius 1 is 1.07 bits per heavy atom. The van der Waals surface area contributed by atoms with Gasteiger partial charge >= 0.3 is 5.97 Å². The minimum atomic E-state index is -0.503. The lowest BCUT2D eigenvalue weighted by atomic mass is 10.0. The fourth-order valence-corrected chi connectivity index (χ4v) is 3.00. The van der Waals surface area contributed by atoms with Gasteiger partial charge in [0.25, 0.3) is 0 Å². The molecule has 0 aliphatic heterocycles. The van der Waals surface area contributed by atoms with Crippen LogP contribution in [0.1, 0.15) is 18.1 Å². The summed E-state index contributed by atoms with van der Waals surface area (Å²) in [6.45, 7) is 2.49. The van der Waals surface area contributed by atoms with Crippen molar-refractivity contribution < 1.29 is 23.7 Å². The van der Waals surface area contributed by atoms with E-state index >= 15 is 0 Å². The second kappa shape index (κ2) is 10.1. The maximum Gasteiger partial charge on any atom is 0.341 e. The van der Waals surface area contributed by atoms with E-state index in [-0.39, 0.29) is 6.61 Å². The summed E-state index contributed by atoms with van der Waals surface area (Å²) in [7, 11) is 2.78. The third-order valence-corrected chi connectivity index (χ3v) is 4.16. The molecule has 5 nitrogen and oxygen atoms in total. The Morgan fingerprint density at radius 3 is 2.33 bits per heavy atom. The van der Waals surface area contributed by atoms with Crippen molar-refractivity contribution in [2.75, 3.05) is 20.8 Å². The van der Waals surface area contributed by atoms with Gasteiger partial charge in [0.2, 0.25) is 0 Å². The maximum atomic E-state index is 12.1. The summed E-state index contributed by atoms with van der Waals surface area (Å²) in [5.74, 6) is 0.402. The summed E-state index contributed by atoms with van der Waals surface area (Å²) >= 11 is 12.4. The highest BCUT2D eigenvalue weighted by Gasteiger charge is 2.17. The van der Waals surface area contributed by atoms with Crippen LogP contribution in [-0.2, 0) is 20.9 Å². The molecule has 7 heteroatoms. The van der Waals surface area contributed by atoms with Gasteiger partial charge in [0.15, 0.2) is 5.75 Å². The second-order valence-corrected chi connectivity index (χ2v) is 6.17. The number of halogens is 2. The molecule has 0 unspecified atom stereocenters. The summed E-state index contributed by atoms with van der Waals surface area (Å²) in [6, 6.07) is 10.6. The van der Waals surface area contributed by atoms with Crippen LogP contribution in [-0.4, -0.2) is 26.8 Å². The molecule has 0 radical (unpaired) electrons. The number of carbonyl (C=O) groups excluding carboxylic acids is 1. The van der Waals surface area contributed by atoms with Crippen molar-refractivity contribution >= 4 is 34.7 Å². The SMILES string of the molecule is CCOc1c(Cl)cc(OCc2ccccc2/C(=C\OC)C(=O)OC)cc1Cl. The van der Waals surface area contributed by atoms with Crippen molar-refractivity contribution in [1.29, 1.82) is 0 Å². The molecular formula is C20H20Cl2O5. The van der Waals surface area contributed by atoms with Crippen LogP contribution in [0, 0.1) is 0 Å². The van der Waals surface area contributed by atoms with Crippen LogP contribution >= 0.6 is 23.2 Å². The highest BCUT2D eigenvalue weighted by molar-refractivity contribution is 6.37. The number of methoxy groups -OCH3 is 2. The number of hydrogen-bond donors (Lipinski definition) is 0. The molecule has 0 amide bonds. The van der Waals surface area contributed by atoms with E-state index in [1.807, 2.05) is 25.1 Å². The van der Waals surface area contributed by atoms with E-state index in [1.165, 1.54) is 20.5 Å². The quantitative estimate of drug-likeness (QED) is 0.342. The molecule has 0 saturated carbocycles. The first-order valence-electron chi connectivity index (χ1n) is 8.16. The lowest BCUT2D eigenvalue weighted by molar-refractivity contribution is -0.133. The predicted molar refractivity (Wildman–Crippen MR) is 105 cm³/mol. The Hall–Kier alpha value is -2.37. The van der Waals surface area contributed by atoms with Crippen LogP contribution in [0.5, 0.6) is 11.5 Å². The Morgan fingerprint density at radius 2 is 1.74 bits per heavy atom. The largest absolute Gasteiger partial charge is 0.503 e. The molecule has 2 aromatic carbocycles. The second-order valence-electron chi connectivity index (χ2n) is 5.35. The zero-order valence-corrected chi connectivity index (χ0v) is 16.8. The molecule has 0 saturated heterocycles. The van der Waals surface area contributed by atoms with Crippen LogP contribution in [0.3, 0.4) is 0 Å². The maximum absolute atomic E-state index is 12.1.